The van der Waals surface area contributed by atoms with E-state index in [1.165, 1.54) is 23.2 Å². The Balaban J connectivity index is 1.49. The average molecular weight is 777 g/mol. The number of carbonyl (C=O) groups excluding carboxylic acids is 4. The first kappa shape index (κ1) is 41.1. The number of rotatable bonds is 15. The number of aliphatic carboxylic acids is 1. The van der Waals surface area contributed by atoms with Crippen molar-refractivity contribution in [1.82, 2.24) is 25.5 Å². The van der Waals surface area contributed by atoms with Crippen LogP contribution in [0.3, 0.4) is 0 Å². The Morgan fingerprint density at radius 2 is 1.84 bits per heavy atom. The quantitative estimate of drug-likeness (QED) is 0.142. The predicted octanol–water partition coefficient (Wildman–Crippen LogP) is 5.57. The summed E-state index contributed by atoms with van der Waals surface area (Å²) in [4.78, 5) is 76.7. The summed E-state index contributed by atoms with van der Waals surface area (Å²) >= 11 is 1.25. The molecule has 0 radical (unpaired) electrons. The number of pyridine rings is 1. The fourth-order valence-corrected chi connectivity index (χ4v) is 7.90. The lowest BCUT2D eigenvalue weighted by atomic mass is 9.77. The molecule has 0 spiro atoms. The van der Waals surface area contributed by atoms with Gasteiger partial charge in [0, 0.05) is 48.7 Å². The van der Waals surface area contributed by atoms with E-state index in [1.807, 2.05) is 33.8 Å². The van der Waals surface area contributed by atoms with E-state index >= 15 is 0 Å². The smallest absolute Gasteiger partial charge is 0.326 e. The number of amides is 4. The van der Waals surface area contributed by atoms with E-state index in [-0.39, 0.29) is 55.5 Å². The van der Waals surface area contributed by atoms with Gasteiger partial charge in [-0.05, 0) is 42.7 Å². The third kappa shape index (κ3) is 10.4. The van der Waals surface area contributed by atoms with Crippen LogP contribution >= 0.6 is 11.3 Å². The highest BCUT2D eigenvalue weighted by Crippen LogP contribution is 2.37. The maximum absolute atomic E-state index is 14.6. The first-order valence-electron chi connectivity index (χ1n) is 18.7. The molecule has 5 atom stereocenters. The average Bonchev–Trinajstić information content (AvgIpc) is 3.91. The summed E-state index contributed by atoms with van der Waals surface area (Å²) in [6, 6.07) is 4.86. The van der Waals surface area contributed by atoms with Gasteiger partial charge in [0.2, 0.25) is 23.6 Å². The minimum atomic E-state index is -1.21. The normalized spacial score (nSPS) is 19.0. The van der Waals surface area contributed by atoms with Gasteiger partial charge >= 0.3 is 5.97 Å². The second kappa shape index (κ2) is 17.6. The van der Waals surface area contributed by atoms with E-state index in [1.54, 1.807) is 36.8 Å². The molecule has 1 aliphatic carbocycles. The zero-order valence-corrected chi connectivity index (χ0v) is 33.2. The second-order valence-corrected chi connectivity index (χ2v) is 16.5. The van der Waals surface area contributed by atoms with Crippen molar-refractivity contribution >= 4 is 57.0 Å². The van der Waals surface area contributed by atoms with Crippen molar-refractivity contribution in [3.05, 3.63) is 42.3 Å². The second-order valence-electron chi connectivity index (χ2n) is 15.6. The highest BCUT2D eigenvalue weighted by molar-refractivity contribution is 7.14. The van der Waals surface area contributed by atoms with Gasteiger partial charge < -0.3 is 35.4 Å². The van der Waals surface area contributed by atoms with Gasteiger partial charge in [-0.3, -0.25) is 19.2 Å². The van der Waals surface area contributed by atoms with Crippen LogP contribution in [-0.4, -0.2) is 87.5 Å². The highest BCUT2D eigenvalue weighted by atomic mass is 32.1. The third-order valence-electron chi connectivity index (χ3n) is 10.2. The molecule has 0 unspecified atom stereocenters. The molecule has 3 aromatic rings. The SMILES string of the molecule is C=C[C@@H](C)C[C@@H](NC(=O)[C@@H]1C[C@@H](Oc2cc(-c3csc(NC(C)=O)n3)nc3cc(OC)ccc23)CN1C(=O)[C@@H](CC(=O)NC1CCCC1)C(C)(C)C)C(=O)O. The summed E-state index contributed by atoms with van der Waals surface area (Å²) in [5.74, 6) is -2.66. The van der Waals surface area contributed by atoms with Crippen molar-refractivity contribution in [2.24, 2.45) is 17.3 Å². The molecule has 2 aromatic heterocycles. The topological polar surface area (TPSA) is 189 Å². The van der Waals surface area contributed by atoms with Gasteiger partial charge in [0.05, 0.1) is 30.8 Å². The molecule has 15 heteroatoms. The molecular formula is C40H52N6O8S. The van der Waals surface area contributed by atoms with Gasteiger partial charge in [-0.2, -0.15) is 0 Å². The van der Waals surface area contributed by atoms with Crippen LogP contribution in [0.2, 0.25) is 0 Å². The Kier molecular flexibility index (Phi) is 13.2. The molecule has 3 heterocycles. The summed E-state index contributed by atoms with van der Waals surface area (Å²) in [6.45, 7) is 12.6. The number of likely N-dealkylation sites (tertiary alicyclic amines) is 1. The molecule has 1 saturated heterocycles. The molecule has 1 aliphatic heterocycles. The molecule has 1 aromatic carbocycles. The Morgan fingerprint density at radius 1 is 1.11 bits per heavy atom. The number of fused-ring (bicyclic) bond motifs is 1. The fraction of sp³-hybridized carbons (Fsp3) is 0.525. The minimum absolute atomic E-state index is 0.00717. The van der Waals surface area contributed by atoms with Gasteiger partial charge in [0.15, 0.2) is 5.13 Å². The van der Waals surface area contributed by atoms with E-state index < -0.39 is 41.4 Å². The number of thiazole rings is 1. The number of anilines is 1. The number of carbonyl (C=O) groups is 5. The molecular weight excluding hydrogens is 725 g/mol. The van der Waals surface area contributed by atoms with E-state index in [0.717, 1.165) is 25.7 Å². The van der Waals surface area contributed by atoms with Crippen LogP contribution in [0.5, 0.6) is 11.5 Å². The van der Waals surface area contributed by atoms with Crippen LogP contribution in [0.4, 0.5) is 5.13 Å². The summed E-state index contributed by atoms with van der Waals surface area (Å²) < 4.78 is 12.1. The Hall–Kier alpha value is -5.05. The van der Waals surface area contributed by atoms with E-state index in [2.05, 4.69) is 27.5 Å². The van der Waals surface area contributed by atoms with Crippen molar-refractivity contribution in [3.63, 3.8) is 0 Å². The number of methoxy groups -OCH3 is 1. The molecule has 296 valence electrons. The zero-order valence-electron chi connectivity index (χ0n) is 32.3. The van der Waals surface area contributed by atoms with Gasteiger partial charge in [-0.15, -0.1) is 17.9 Å². The summed E-state index contributed by atoms with van der Waals surface area (Å²) in [5, 5.41) is 21.3. The number of carboxylic acid groups (broad SMARTS) is 1. The lowest BCUT2D eigenvalue weighted by Crippen LogP contribution is -2.53. The molecule has 0 bridgehead atoms. The highest BCUT2D eigenvalue weighted by Gasteiger charge is 2.46. The third-order valence-corrected chi connectivity index (χ3v) is 11.0. The molecule has 4 amide bonds. The number of carboxylic acids is 1. The Labute approximate surface area is 325 Å². The fourth-order valence-electron chi connectivity index (χ4n) is 7.15. The van der Waals surface area contributed by atoms with Gasteiger partial charge in [0.25, 0.3) is 0 Å². The molecule has 14 nitrogen and oxygen atoms in total. The van der Waals surface area contributed by atoms with Crippen molar-refractivity contribution in [3.8, 4) is 22.9 Å². The summed E-state index contributed by atoms with van der Waals surface area (Å²) in [7, 11) is 1.55. The number of hydrogen-bond donors (Lipinski definition) is 4. The molecule has 1 saturated carbocycles. The number of allylic oxidation sites excluding steroid dienone is 1. The Morgan fingerprint density at radius 3 is 2.47 bits per heavy atom. The minimum Gasteiger partial charge on any atom is -0.497 e. The number of aromatic nitrogens is 2. The largest absolute Gasteiger partial charge is 0.497 e. The maximum atomic E-state index is 14.6. The maximum Gasteiger partial charge on any atom is 0.326 e. The number of nitrogens with one attached hydrogen (secondary N) is 3. The van der Waals surface area contributed by atoms with Gasteiger partial charge in [0.1, 0.15) is 35.4 Å². The number of nitrogens with zero attached hydrogens (tertiary/aromatic N) is 3. The van der Waals surface area contributed by atoms with E-state index in [0.29, 0.717) is 38.9 Å². The first-order chi connectivity index (χ1) is 26.1. The number of hydrogen-bond acceptors (Lipinski definition) is 10. The Bertz CT molecular complexity index is 1920. The van der Waals surface area contributed by atoms with Crippen LogP contribution in [0, 0.1) is 17.3 Å². The molecule has 55 heavy (non-hydrogen) atoms. The molecule has 4 N–H and O–H groups in total. The van der Waals surface area contributed by atoms with E-state index in [4.69, 9.17) is 14.5 Å². The van der Waals surface area contributed by atoms with Crippen molar-refractivity contribution in [1.29, 1.82) is 0 Å². The lowest BCUT2D eigenvalue weighted by molar-refractivity contribution is -0.148. The van der Waals surface area contributed by atoms with Gasteiger partial charge in [-0.1, -0.05) is 46.6 Å². The van der Waals surface area contributed by atoms with Crippen LogP contribution in [0.25, 0.3) is 22.3 Å². The zero-order chi connectivity index (χ0) is 40.0. The molecule has 2 aliphatic rings. The van der Waals surface area contributed by atoms with Crippen LogP contribution < -0.4 is 25.4 Å². The monoisotopic (exact) mass is 776 g/mol. The van der Waals surface area contributed by atoms with Crippen molar-refractivity contribution in [2.45, 2.75) is 104 Å². The molecule has 2 fully saturated rings. The van der Waals surface area contributed by atoms with E-state index in [9.17, 15) is 29.1 Å². The predicted molar refractivity (Wildman–Crippen MR) is 210 cm³/mol. The number of benzene rings is 1. The standard InChI is InChI=1S/C40H52N6O8S/c1-8-22(2)15-31(38(51)52)44-36(49)33-17-26(20-46(33)37(50)28(40(4,5)6)18-35(48)42-24-11-9-10-12-24)54-34-19-30(32-21-55-39(45-32)41-23(3)47)43-29-16-25(53-7)13-14-27(29)34/h8,13-14,16,19,21-22,24,26,28,31,33H,1,9-12,15,17-18,20H2,2-7H3,(H,42,48)(H,44,49)(H,51,52)(H,41,45,47)/t22-,26-,28-,31-,33+/m1/s1. The summed E-state index contributed by atoms with van der Waals surface area (Å²) in [5.41, 5.74) is 0.862. The van der Waals surface area contributed by atoms with Crippen molar-refractivity contribution in [2.75, 3.05) is 19.0 Å². The molecule has 5 rings (SSSR count). The summed E-state index contributed by atoms with van der Waals surface area (Å²) in [6.07, 6.45) is 4.94. The van der Waals surface area contributed by atoms with Crippen LogP contribution in [0.15, 0.2) is 42.3 Å². The first-order valence-corrected chi connectivity index (χ1v) is 19.6. The van der Waals surface area contributed by atoms with Crippen LogP contribution in [0.1, 0.15) is 79.6 Å². The number of ether oxygens (including phenoxy) is 2. The van der Waals surface area contributed by atoms with Crippen molar-refractivity contribution < 1.29 is 38.6 Å². The lowest BCUT2D eigenvalue weighted by Gasteiger charge is -2.35. The van der Waals surface area contributed by atoms with Gasteiger partial charge in [-0.25, -0.2) is 14.8 Å². The van der Waals surface area contributed by atoms with Crippen LogP contribution in [-0.2, 0) is 24.0 Å².